The van der Waals surface area contributed by atoms with Crippen molar-refractivity contribution in [2.45, 2.75) is 6.92 Å². The van der Waals surface area contributed by atoms with Crippen LogP contribution in [0.15, 0.2) is 64.9 Å². The van der Waals surface area contributed by atoms with Crippen molar-refractivity contribution in [3.63, 3.8) is 0 Å². The van der Waals surface area contributed by atoms with E-state index < -0.39 is 11.5 Å². The largest absolute Gasteiger partial charge is 0.495 e. The molecule has 0 radical (unpaired) electrons. The van der Waals surface area contributed by atoms with Crippen LogP contribution < -0.4 is 20.9 Å². The van der Waals surface area contributed by atoms with Crippen molar-refractivity contribution in [3.05, 3.63) is 76.0 Å². The zero-order chi connectivity index (χ0) is 22.0. The van der Waals surface area contributed by atoms with Gasteiger partial charge in [0.15, 0.2) is 4.96 Å². The normalized spacial score (nSPS) is 10.6. The summed E-state index contributed by atoms with van der Waals surface area (Å²) in [4.78, 5) is 42.2. The van der Waals surface area contributed by atoms with E-state index in [2.05, 4.69) is 15.6 Å². The third-order valence-electron chi connectivity index (χ3n) is 4.53. The molecule has 4 rings (SSSR count). The van der Waals surface area contributed by atoms with Crippen molar-refractivity contribution in [2.24, 2.45) is 0 Å². The lowest BCUT2D eigenvalue weighted by atomic mass is 10.2. The van der Waals surface area contributed by atoms with E-state index in [0.717, 1.165) is 5.56 Å². The van der Waals surface area contributed by atoms with E-state index in [0.29, 0.717) is 27.8 Å². The van der Waals surface area contributed by atoms with Crippen molar-refractivity contribution in [2.75, 3.05) is 17.7 Å². The summed E-state index contributed by atoms with van der Waals surface area (Å²) >= 11 is 1.32. The number of hydrogen-bond acceptors (Lipinski definition) is 6. The summed E-state index contributed by atoms with van der Waals surface area (Å²) in [5.41, 5.74) is 1.73. The van der Waals surface area contributed by atoms with Gasteiger partial charge in [0.05, 0.1) is 18.5 Å². The third-order valence-corrected chi connectivity index (χ3v) is 5.37. The molecule has 0 aliphatic heterocycles. The summed E-state index contributed by atoms with van der Waals surface area (Å²) in [5.74, 6) is -0.492. The fourth-order valence-electron chi connectivity index (χ4n) is 3.13. The predicted octanol–water partition coefficient (Wildman–Crippen LogP) is 3.64. The summed E-state index contributed by atoms with van der Waals surface area (Å²) in [6.07, 6.45) is 1.27. The lowest BCUT2D eigenvalue weighted by Crippen LogP contribution is -2.26. The minimum atomic E-state index is -0.629. The minimum Gasteiger partial charge on any atom is -0.495 e. The van der Waals surface area contributed by atoms with E-state index in [-0.39, 0.29) is 11.5 Å². The van der Waals surface area contributed by atoms with Gasteiger partial charge in [0.2, 0.25) is 5.91 Å². The summed E-state index contributed by atoms with van der Waals surface area (Å²) in [6.45, 7) is 1.38. The molecule has 2 N–H and O–H groups in total. The molecule has 2 amide bonds. The van der Waals surface area contributed by atoms with Crippen LogP contribution in [0, 0.1) is 0 Å². The number of methoxy groups -OCH3 is 1. The summed E-state index contributed by atoms with van der Waals surface area (Å²) in [5, 5.41) is 7.16. The first-order valence-corrected chi connectivity index (χ1v) is 10.2. The fraction of sp³-hybridized carbons (Fsp3) is 0.0909. The molecule has 2 aromatic carbocycles. The maximum atomic E-state index is 13.2. The maximum Gasteiger partial charge on any atom is 0.271 e. The maximum absolute atomic E-state index is 13.2. The molecule has 31 heavy (non-hydrogen) atoms. The highest BCUT2D eigenvalue weighted by atomic mass is 32.1. The fourth-order valence-corrected chi connectivity index (χ4v) is 3.99. The molecule has 2 heterocycles. The molecule has 2 aromatic heterocycles. The number of carbonyl (C=O) groups excluding carboxylic acids is 2. The van der Waals surface area contributed by atoms with E-state index >= 15 is 0 Å². The Morgan fingerprint density at radius 2 is 1.87 bits per heavy atom. The average Bonchev–Trinajstić information content (AvgIpc) is 3.19. The molecule has 4 aromatic rings. The number of carbonyl (C=O) groups is 2. The van der Waals surface area contributed by atoms with Gasteiger partial charge in [-0.3, -0.25) is 18.8 Å². The van der Waals surface area contributed by atoms with E-state index in [4.69, 9.17) is 4.74 Å². The highest BCUT2D eigenvalue weighted by molar-refractivity contribution is 7.15. The number of ether oxygens (including phenoxy) is 1. The quantitative estimate of drug-likeness (QED) is 0.499. The first-order valence-electron chi connectivity index (χ1n) is 9.29. The highest BCUT2D eigenvalue weighted by Crippen LogP contribution is 2.28. The van der Waals surface area contributed by atoms with Crippen LogP contribution in [0.25, 0.3) is 16.2 Å². The van der Waals surface area contributed by atoms with Crippen molar-refractivity contribution in [1.29, 1.82) is 0 Å². The first-order chi connectivity index (χ1) is 15.0. The van der Waals surface area contributed by atoms with Gasteiger partial charge in [0.1, 0.15) is 11.3 Å². The van der Waals surface area contributed by atoms with Crippen LogP contribution in [-0.4, -0.2) is 28.3 Å². The van der Waals surface area contributed by atoms with Gasteiger partial charge in [-0.1, -0.05) is 30.3 Å². The van der Waals surface area contributed by atoms with Gasteiger partial charge in [-0.2, -0.15) is 0 Å². The van der Waals surface area contributed by atoms with E-state index in [1.54, 1.807) is 18.2 Å². The van der Waals surface area contributed by atoms with Crippen LogP contribution in [0.1, 0.15) is 17.3 Å². The molecule has 0 bridgehead atoms. The lowest BCUT2D eigenvalue weighted by Gasteiger charge is -2.12. The summed E-state index contributed by atoms with van der Waals surface area (Å²) in [6, 6.07) is 14.2. The van der Waals surface area contributed by atoms with E-state index in [9.17, 15) is 14.4 Å². The molecule has 0 unspecified atom stereocenters. The number of rotatable bonds is 5. The molecule has 0 fully saturated rings. The van der Waals surface area contributed by atoms with Crippen LogP contribution in [-0.2, 0) is 4.79 Å². The topological polar surface area (TPSA) is 102 Å². The molecule has 9 heteroatoms. The first kappa shape index (κ1) is 20.3. The molecule has 0 saturated heterocycles. The Hall–Kier alpha value is -3.98. The van der Waals surface area contributed by atoms with Gasteiger partial charge >= 0.3 is 0 Å². The number of nitrogens with zero attached hydrogens (tertiary/aromatic N) is 2. The number of benzene rings is 2. The van der Waals surface area contributed by atoms with Crippen molar-refractivity contribution in [3.8, 4) is 17.0 Å². The number of anilines is 2. The van der Waals surface area contributed by atoms with Crippen LogP contribution in [0.2, 0.25) is 0 Å². The molecule has 156 valence electrons. The van der Waals surface area contributed by atoms with Crippen LogP contribution >= 0.6 is 11.3 Å². The van der Waals surface area contributed by atoms with Crippen molar-refractivity contribution < 1.29 is 14.3 Å². The lowest BCUT2D eigenvalue weighted by molar-refractivity contribution is -0.114. The number of aromatic nitrogens is 2. The Morgan fingerprint density at radius 1 is 1.10 bits per heavy atom. The number of thiazole rings is 1. The summed E-state index contributed by atoms with van der Waals surface area (Å²) < 4.78 is 6.71. The Labute approximate surface area is 181 Å². The number of fused-ring (bicyclic) bond motifs is 1. The van der Waals surface area contributed by atoms with Gasteiger partial charge in [0, 0.05) is 24.2 Å². The predicted molar refractivity (Wildman–Crippen MR) is 120 cm³/mol. The highest BCUT2D eigenvalue weighted by Gasteiger charge is 2.18. The Kier molecular flexibility index (Phi) is 5.50. The zero-order valence-electron chi connectivity index (χ0n) is 16.7. The standard InChI is InChI=1S/C22H18N4O4S/c1-13(27)24-15-8-9-19(30-2)17(10-15)25-20(28)16-11-23-22-26(21(16)29)18(12-31-22)14-6-4-3-5-7-14/h3-12H,1-2H3,(H,24,27)(H,25,28). The van der Waals surface area contributed by atoms with Crippen LogP contribution in [0.4, 0.5) is 11.4 Å². The molecular formula is C22H18N4O4S. The second-order valence-electron chi connectivity index (χ2n) is 6.63. The molecular weight excluding hydrogens is 416 g/mol. The average molecular weight is 434 g/mol. The molecule has 0 aliphatic rings. The minimum absolute atomic E-state index is 0.111. The smallest absolute Gasteiger partial charge is 0.271 e. The van der Waals surface area contributed by atoms with Gasteiger partial charge < -0.3 is 15.4 Å². The third kappa shape index (κ3) is 4.03. The number of nitrogens with one attached hydrogen (secondary N) is 2. The summed E-state index contributed by atoms with van der Waals surface area (Å²) in [7, 11) is 1.46. The molecule has 0 saturated carbocycles. The van der Waals surface area contributed by atoms with Gasteiger partial charge in [0.25, 0.3) is 11.5 Å². The van der Waals surface area contributed by atoms with Gasteiger partial charge in [-0.15, -0.1) is 11.3 Å². The van der Waals surface area contributed by atoms with Gasteiger partial charge in [-0.25, -0.2) is 4.98 Å². The Morgan fingerprint density at radius 3 is 2.58 bits per heavy atom. The number of hydrogen-bond donors (Lipinski definition) is 2. The van der Waals surface area contributed by atoms with E-state index in [1.165, 1.54) is 36.0 Å². The Balaban J connectivity index is 1.73. The Bertz CT molecular complexity index is 1340. The number of amides is 2. The van der Waals surface area contributed by atoms with Crippen molar-refractivity contribution >= 4 is 39.5 Å². The molecule has 0 aliphatic carbocycles. The van der Waals surface area contributed by atoms with Gasteiger partial charge in [-0.05, 0) is 23.8 Å². The monoisotopic (exact) mass is 434 g/mol. The molecule has 0 atom stereocenters. The van der Waals surface area contributed by atoms with Crippen LogP contribution in [0.5, 0.6) is 5.75 Å². The second kappa shape index (κ2) is 8.41. The second-order valence-corrected chi connectivity index (χ2v) is 7.47. The van der Waals surface area contributed by atoms with Crippen molar-refractivity contribution in [1.82, 2.24) is 9.38 Å². The molecule has 8 nitrogen and oxygen atoms in total. The van der Waals surface area contributed by atoms with Crippen LogP contribution in [0.3, 0.4) is 0 Å². The zero-order valence-corrected chi connectivity index (χ0v) is 17.5. The molecule has 0 spiro atoms. The van der Waals surface area contributed by atoms with E-state index in [1.807, 2.05) is 35.7 Å². The SMILES string of the molecule is COc1ccc(NC(C)=O)cc1NC(=O)c1cnc2scc(-c3ccccc3)n2c1=O.